The number of carbonyl (C=O) groups excluding carboxylic acids is 1. The lowest BCUT2D eigenvalue weighted by Gasteiger charge is -2.63. The van der Waals surface area contributed by atoms with E-state index >= 15 is 0 Å². The van der Waals surface area contributed by atoms with Gasteiger partial charge in [-0.2, -0.15) is 0 Å². The number of benzene rings is 1. The van der Waals surface area contributed by atoms with Crippen LogP contribution in [0.25, 0.3) is 0 Å². The summed E-state index contributed by atoms with van der Waals surface area (Å²) in [5, 5.41) is 6.67. The number of rotatable bonds is 4. The fourth-order valence-electron chi connectivity index (χ4n) is 4.92. The Labute approximate surface area is 146 Å². The predicted molar refractivity (Wildman–Crippen MR) is 94.6 cm³/mol. The molecule has 3 atom stereocenters. The van der Waals surface area contributed by atoms with Gasteiger partial charge >= 0.3 is 0 Å². The van der Waals surface area contributed by atoms with Crippen molar-refractivity contribution in [2.75, 3.05) is 17.2 Å². The summed E-state index contributed by atoms with van der Waals surface area (Å²) in [5.41, 5.74) is 2.72. The SMILES string of the molecule is O=C(Nc1cccc(NC2C3CCOC3C23CCC3)c1)c1ccoc1. The molecular weight excluding hydrogens is 316 g/mol. The first-order valence-electron chi connectivity index (χ1n) is 9.08. The first kappa shape index (κ1) is 15.0. The predicted octanol–water partition coefficient (Wildman–Crippen LogP) is 3.90. The molecule has 1 spiro atoms. The highest BCUT2D eigenvalue weighted by molar-refractivity contribution is 6.04. The number of hydrogen-bond donors (Lipinski definition) is 2. The number of furan rings is 1. The van der Waals surface area contributed by atoms with Crippen LogP contribution in [0.15, 0.2) is 47.3 Å². The first-order valence-corrected chi connectivity index (χ1v) is 9.08. The van der Waals surface area contributed by atoms with Crippen molar-refractivity contribution in [1.29, 1.82) is 0 Å². The topological polar surface area (TPSA) is 63.5 Å². The second-order valence-electron chi connectivity index (χ2n) is 7.50. The van der Waals surface area contributed by atoms with E-state index < -0.39 is 0 Å². The molecule has 5 nitrogen and oxygen atoms in total. The van der Waals surface area contributed by atoms with Gasteiger partial charge < -0.3 is 19.8 Å². The van der Waals surface area contributed by atoms with E-state index in [1.807, 2.05) is 18.2 Å². The highest BCUT2D eigenvalue weighted by Crippen LogP contribution is 2.63. The molecule has 2 N–H and O–H groups in total. The lowest BCUT2D eigenvalue weighted by Crippen LogP contribution is -2.68. The molecule has 130 valence electrons. The van der Waals surface area contributed by atoms with Gasteiger partial charge in [0.1, 0.15) is 6.26 Å². The first-order chi connectivity index (χ1) is 12.3. The minimum absolute atomic E-state index is 0.158. The van der Waals surface area contributed by atoms with Crippen LogP contribution in [0, 0.1) is 11.3 Å². The Bertz CT molecular complexity index is 782. The lowest BCUT2D eigenvalue weighted by atomic mass is 9.46. The Morgan fingerprint density at radius 2 is 2.08 bits per heavy atom. The zero-order valence-corrected chi connectivity index (χ0v) is 14.0. The van der Waals surface area contributed by atoms with Crippen molar-refractivity contribution < 1.29 is 13.9 Å². The number of fused-ring (bicyclic) bond motifs is 2. The van der Waals surface area contributed by atoms with Crippen molar-refractivity contribution in [3.05, 3.63) is 48.4 Å². The molecule has 1 aliphatic heterocycles. The molecule has 5 heteroatoms. The Hall–Kier alpha value is -2.27. The standard InChI is InChI=1S/C20H22N2O3/c23-19(13-5-9-24-12-13)22-15-4-1-3-14(11-15)21-17-16-6-10-25-18(16)20(17)7-2-8-20/h1,3-5,9,11-12,16-18,21H,2,6-8,10H2,(H,22,23). The van der Waals surface area contributed by atoms with Gasteiger partial charge in [0.05, 0.1) is 17.9 Å². The number of ether oxygens (including phenoxy) is 1. The summed E-state index contributed by atoms with van der Waals surface area (Å²) < 4.78 is 11.0. The van der Waals surface area contributed by atoms with Crippen molar-refractivity contribution in [2.24, 2.45) is 11.3 Å². The second kappa shape index (κ2) is 5.63. The van der Waals surface area contributed by atoms with Crippen LogP contribution in [0.2, 0.25) is 0 Å². The monoisotopic (exact) mass is 338 g/mol. The summed E-state index contributed by atoms with van der Waals surface area (Å²) in [6.07, 6.45) is 8.41. The normalized spacial score (nSPS) is 28.7. The third kappa shape index (κ3) is 2.29. The van der Waals surface area contributed by atoms with Gasteiger partial charge in [-0.1, -0.05) is 12.5 Å². The van der Waals surface area contributed by atoms with Gasteiger partial charge in [0.2, 0.25) is 0 Å². The lowest BCUT2D eigenvalue weighted by molar-refractivity contribution is -0.158. The molecule has 25 heavy (non-hydrogen) atoms. The van der Waals surface area contributed by atoms with E-state index in [0.717, 1.165) is 24.4 Å². The Morgan fingerprint density at radius 3 is 2.84 bits per heavy atom. The molecule has 2 saturated carbocycles. The van der Waals surface area contributed by atoms with Crippen LogP contribution in [0.1, 0.15) is 36.0 Å². The van der Waals surface area contributed by atoms with Crippen LogP contribution < -0.4 is 10.6 Å². The van der Waals surface area contributed by atoms with Crippen LogP contribution in [0.4, 0.5) is 11.4 Å². The molecule has 1 saturated heterocycles. The van der Waals surface area contributed by atoms with Gasteiger partial charge in [-0.25, -0.2) is 0 Å². The highest BCUT2D eigenvalue weighted by Gasteiger charge is 2.66. The maximum atomic E-state index is 12.2. The average Bonchev–Trinajstić information content (AvgIpc) is 3.22. The molecule has 3 unspecified atom stereocenters. The molecule has 2 aliphatic carbocycles. The van der Waals surface area contributed by atoms with Crippen LogP contribution >= 0.6 is 0 Å². The maximum Gasteiger partial charge on any atom is 0.258 e. The molecule has 1 amide bonds. The summed E-state index contributed by atoms with van der Waals surface area (Å²) >= 11 is 0. The van der Waals surface area contributed by atoms with E-state index in [1.165, 1.54) is 31.8 Å². The largest absolute Gasteiger partial charge is 0.472 e. The summed E-state index contributed by atoms with van der Waals surface area (Å²) in [6.45, 7) is 0.899. The van der Waals surface area contributed by atoms with E-state index in [9.17, 15) is 4.79 Å². The van der Waals surface area contributed by atoms with E-state index in [2.05, 4.69) is 16.7 Å². The van der Waals surface area contributed by atoms with Crippen LogP contribution in [-0.2, 0) is 4.74 Å². The number of carbonyl (C=O) groups is 1. The maximum absolute atomic E-state index is 12.2. The summed E-state index contributed by atoms with van der Waals surface area (Å²) in [4.78, 5) is 12.2. The molecule has 3 fully saturated rings. The molecule has 1 aromatic carbocycles. The van der Waals surface area contributed by atoms with E-state index in [-0.39, 0.29) is 5.91 Å². The highest BCUT2D eigenvalue weighted by atomic mass is 16.5. The smallest absolute Gasteiger partial charge is 0.258 e. The van der Waals surface area contributed by atoms with Gasteiger partial charge in [0.15, 0.2) is 0 Å². The van der Waals surface area contributed by atoms with Crippen molar-refractivity contribution in [3.63, 3.8) is 0 Å². The van der Waals surface area contributed by atoms with Gasteiger partial charge in [0, 0.05) is 35.4 Å². The molecule has 5 rings (SSSR count). The molecule has 3 aliphatic rings. The fourth-order valence-corrected chi connectivity index (χ4v) is 4.92. The quantitative estimate of drug-likeness (QED) is 0.887. The van der Waals surface area contributed by atoms with Crippen LogP contribution in [0.3, 0.4) is 0 Å². The Balaban J connectivity index is 1.31. The van der Waals surface area contributed by atoms with Gasteiger partial charge in [-0.05, 0) is 43.5 Å². The molecule has 2 aromatic rings. The molecule has 0 bridgehead atoms. The van der Waals surface area contributed by atoms with Crippen molar-refractivity contribution in [3.8, 4) is 0 Å². The summed E-state index contributed by atoms with van der Waals surface area (Å²) in [7, 11) is 0. The summed E-state index contributed by atoms with van der Waals surface area (Å²) in [6, 6.07) is 10.1. The molecular formula is C20H22N2O3. The third-order valence-electron chi connectivity index (χ3n) is 6.26. The van der Waals surface area contributed by atoms with Gasteiger partial charge in [0.25, 0.3) is 5.91 Å². The van der Waals surface area contributed by atoms with Gasteiger partial charge in [-0.15, -0.1) is 0 Å². The Kier molecular flexibility index (Phi) is 3.38. The second-order valence-corrected chi connectivity index (χ2v) is 7.50. The minimum atomic E-state index is -0.158. The number of hydrogen-bond acceptors (Lipinski definition) is 4. The van der Waals surface area contributed by atoms with Gasteiger partial charge in [-0.3, -0.25) is 4.79 Å². The zero-order chi connectivity index (χ0) is 16.9. The average molecular weight is 338 g/mol. The third-order valence-corrected chi connectivity index (χ3v) is 6.26. The zero-order valence-electron chi connectivity index (χ0n) is 14.0. The van der Waals surface area contributed by atoms with E-state index in [4.69, 9.17) is 9.15 Å². The number of nitrogens with one attached hydrogen (secondary N) is 2. The van der Waals surface area contributed by atoms with Crippen molar-refractivity contribution >= 4 is 17.3 Å². The fraction of sp³-hybridized carbons (Fsp3) is 0.450. The number of amides is 1. The Morgan fingerprint density at radius 1 is 1.20 bits per heavy atom. The minimum Gasteiger partial charge on any atom is -0.472 e. The summed E-state index contributed by atoms with van der Waals surface area (Å²) in [5.74, 6) is 0.471. The van der Waals surface area contributed by atoms with E-state index in [0.29, 0.717) is 29.0 Å². The van der Waals surface area contributed by atoms with E-state index in [1.54, 1.807) is 6.07 Å². The van der Waals surface area contributed by atoms with Crippen molar-refractivity contribution in [1.82, 2.24) is 0 Å². The van der Waals surface area contributed by atoms with Crippen molar-refractivity contribution in [2.45, 2.75) is 37.8 Å². The molecule has 2 heterocycles. The number of anilines is 2. The van der Waals surface area contributed by atoms with Crippen LogP contribution in [0.5, 0.6) is 0 Å². The molecule has 0 radical (unpaired) electrons. The molecule has 1 aromatic heterocycles. The van der Waals surface area contributed by atoms with Crippen LogP contribution in [-0.4, -0.2) is 24.7 Å².